The molecule has 1 aliphatic rings. The summed E-state index contributed by atoms with van der Waals surface area (Å²) in [5, 5.41) is 3.79. The van der Waals surface area contributed by atoms with Crippen LogP contribution < -0.4 is 10.1 Å². The van der Waals surface area contributed by atoms with E-state index in [-0.39, 0.29) is 35.2 Å². The Morgan fingerprint density at radius 1 is 0.941 bits per heavy atom. The fourth-order valence-corrected chi connectivity index (χ4v) is 4.32. The minimum atomic E-state index is -0.482. The largest absolute Gasteiger partial charge is 0.326 e. The molecule has 0 saturated carbocycles. The maximum absolute atomic E-state index is 13.8. The highest BCUT2D eigenvalue weighted by Crippen LogP contribution is 2.33. The van der Waals surface area contributed by atoms with Gasteiger partial charge in [-0.2, -0.15) is 4.57 Å². The van der Waals surface area contributed by atoms with Crippen molar-refractivity contribution in [2.75, 3.05) is 6.54 Å². The zero-order valence-corrected chi connectivity index (χ0v) is 20.8. The zero-order valence-electron chi connectivity index (χ0n) is 19.3. The molecule has 1 aliphatic heterocycles. The number of hydrogen-bond acceptors (Lipinski definition) is 3. The average Bonchev–Trinajstić information content (AvgIpc) is 3.25. The lowest BCUT2D eigenvalue weighted by Crippen LogP contribution is -2.40. The number of nitrogens with one attached hydrogen (secondary N) is 1. The number of carbonyl (C=O) groups excluding carboxylic acids is 2. The summed E-state index contributed by atoms with van der Waals surface area (Å²) in [6.45, 7) is 7.94. The second-order valence-corrected chi connectivity index (χ2v) is 9.73. The van der Waals surface area contributed by atoms with Gasteiger partial charge in [-0.1, -0.05) is 57.0 Å². The average molecular weight is 500 g/mol. The van der Waals surface area contributed by atoms with Crippen molar-refractivity contribution in [2.24, 2.45) is 5.92 Å². The molecule has 1 N–H and O–H groups in total. The normalized spacial score (nSPS) is 14.3. The van der Waals surface area contributed by atoms with E-state index < -0.39 is 17.4 Å². The first-order valence-corrected chi connectivity index (χ1v) is 11.7. The van der Waals surface area contributed by atoms with Crippen molar-refractivity contribution < 1.29 is 14.2 Å². The monoisotopic (exact) mass is 499 g/mol. The highest BCUT2D eigenvalue weighted by molar-refractivity contribution is 6.44. The first-order chi connectivity index (χ1) is 16.1. The lowest BCUT2D eigenvalue weighted by molar-refractivity contribution is -0.576. The zero-order chi connectivity index (χ0) is 24.7. The number of aromatic nitrogens is 3. The SMILES string of the molecule is CC(C)CN1C(=O)C(c2c(C(C)C)[nH]n(-c3ccc(Cl)c(Cl)c3)c2=O)=C([n+]2ccccc2)C1=O. The Morgan fingerprint density at radius 3 is 2.21 bits per heavy atom. The summed E-state index contributed by atoms with van der Waals surface area (Å²) in [5.74, 6) is -0.980. The van der Waals surface area contributed by atoms with Crippen molar-refractivity contribution in [2.45, 2.75) is 33.6 Å². The fourth-order valence-electron chi connectivity index (χ4n) is 4.03. The van der Waals surface area contributed by atoms with Gasteiger partial charge >= 0.3 is 5.91 Å². The van der Waals surface area contributed by atoms with Crippen LogP contribution in [0.2, 0.25) is 10.0 Å². The number of nitrogens with zero attached hydrogens (tertiary/aromatic N) is 3. The van der Waals surface area contributed by atoms with Gasteiger partial charge in [0, 0.05) is 24.4 Å². The molecule has 0 fully saturated rings. The van der Waals surface area contributed by atoms with Gasteiger partial charge in [-0.25, -0.2) is 4.68 Å². The van der Waals surface area contributed by atoms with Crippen molar-refractivity contribution in [3.8, 4) is 5.69 Å². The molecular weight excluding hydrogens is 475 g/mol. The summed E-state index contributed by atoms with van der Waals surface area (Å²) in [5.41, 5.74) is 0.998. The third-order valence-corrected chi connectivity index (χ3v) is 6.31. The molecule has 0 spiro atoms. The molecule has 0 saturated heterocycles. The highest BCUT2D eigenvalue weighted by atomic mass is 35.5. The van der Waals surface area contributed by atoms with Gasteiger partial charge in [0.1, 0.15) is 5.57 Å². The van der Waals surface area contributed by atoms with Crippen molar-refractivity contribution in [3.05, 3.63) is 80.4 Å². The highest BCUT2D eigenvalue weighted by Gasteiger charge is 2.47. The molecule has 1 aromatic carbocycles. The number of pyridine rings is 1. The molecule has 4 rings (SSSR count). The van der Waals surface area contributed by atoms with Crippen LogP contribution in [0.5, 0.6) is 0 Å². The Balaban J connectivity index is 2.01. The minimum absolute atomic E-state index is 0.0675. The van der Waals surface area contributed by atoms with Crippen LogP contribution in [0.4, 0.5) is 0 Å². The summed E-state index contributed by atoms with van der Waals surface area (Å²) in [4.78, 5) is 42.1. The van der Waals surface area contributed by atoms with E-state index in [9.17, 15) is 14.4 Å². The van der Waals surface area contributed by atoms with Crippen molar-refractivity contribution in [1.82, 2.24) is 14.7 Å². The Bertz CT molecular complexity index is 1370. The van der Waals surface area contributed by atoms with Gasteiger partial charge < -0.3 is 0 Å². The smallest absolute Gasteiger partial charge is 0.294 e. The van der Waals surface area contributed by atoms with Gasteiger partial charge in [-0.05, 0) is 30.0 Å². The molecule has 34 heavy (non-hydrogen) atoms. The van der Waals surface area contributed by atoms with E-state index in [2.05, 4.69) is 5.10 Å². The molecule has 2 amide bonds. The molecule has 0 aliphatic carbocycles. The van der Waals surface area contributed by atoms with Crippen molar-refractivity contribution in [1.29, 1.82) is 0 Å². The first kappa shape index (κ1) is 24.0. The fraction of sp³-hybridized carbons (Fsp3) is 0.280. The van der Waals surface area contributed by atoms with Gasteiger partial charge in [-0.15, -0.1) is 0 Å². The number of halogens is 2. The van der Waals surface area contributed by atoms with E-state index in [1.165, 1.54) is 9.58 Å². The Hall–Kier alpha value is -3.16. The topological polar surface area (TPSA) is 79.1 Å². The van der Waals surface area contributed by atoms with Gasteiger partial charge in [-0.3, -0.25) is 24.4 Å². The van der Waals surface area contributed by atoms with Gasteiger partial charge in [0.2, 0.25) is 0 Å². The number of amides is 2. The van der Waals surface area contributed by atoms with Gasteiger partial charge in [0.05, 0.1) is 21.3 Å². The predicted octanol–water partition coefficient (Wildman–Crippen LogP) is 4.28. The third kappa shape index (κ3) is 4.10. The van der Waals surface area contributed by atoms with Crippen LogP contribution in [0.3, 0.4) is 0 Å². The molecular formula is C25H25Cl2N4O3+. The van der Waals surface area contributed by atoms with Crippen LogP contribution in [0.25, 0.3) is 17.0 Å². The first-order valence-electron chi connectivity index (χ1n) is 11.0. The quantitative estimate of drug-likeness (QED) is 0.406. The second-order valence-electron chi connectivity index (χ2n) is 8.92. The van der Waals surface area contributed by atoms with Gasteiger partial charge in [0.25, 0.3) is 17.2 Å². The van der Waals surface area contributed by atoms with E-state index in [1.54, 1.807) is 47.3 Å². The number of benzene rings is 1. The minimum Gasteiger partial charge on any atom is -0.294 e. The summed E-state index contributed by atoms with van der Waals surface area (Å²) >= 11 is 12.2. The van der Waals surface area contributed by atoms with E-state index in [1.807, 2.05) is 33.8 Å². The number of carbonyl (C=O) groups is 2. The second kappa shape index (κ2) is 9.24. The van der Waals surface area contributed by atoms with Crippen molar-refractivity contribution in [3.63, 3.8) is 0 Å². The van der Waals surface area contributed by atoms with Crippen LogP contribution in [-0.2, 0) is 9.59 Å². The maximum atomic E-state index is 13.8. The number of imide groups is 1. The third-order valence-electron chi connectivity index (χ3n) is 5.57. The van der Waals surface area contributed by atoms with E-state index in [0.717, 1.165) is 0 Å². The predicted molar refractivity (Wildman–Crippen MR) is 132 cm³/mol. The van der Waals surface area contributed by atoms with E-state index in [4.69, 9.17) is 23.2 Å². The van der Waals surface area contributed by atoms with Crippen LogP contribution in [0, 0.1) is 5.92 Å². The molecule has 176 valence electrons. The molecule has 0 unspecified atom stereocenters. The summed E-state index contributed by atoms with van der Waals surface area (Å²) in [7, 11) is 0. The number of aromatic amines is 1. The van der Waals surface area contributed by atoms with Crippen molar-refractivity contribution >= 4 is 46.3 Å². The Kier molecular flexibility index (Phi) is 6.51. The van der Waals surface area contributed by atoms with E-state index in [0.29, 0.717) is 21.4 Å². The summed E-state index contributed by atoms with van der Waals surface area (Å²) < 4.78 is 2.92. The molecule has 0 radical (unpaired) electrons. The Morgan fingerprint density at radius 2 is 1.62 bits per heavy atom. The number of rotatable bonds is 6. The standard InChI is InChI=1S/C25H24Cl2N4O3/c1-14(2)13-30-23(32)20(22(25(30)34)29-10-6-5-7-11-29)19-21(15(3)4)28-31(24(19)33)16-8-9-17(26)18(27)12-16/h5-12,14-15H,13H2,1-4H3/p+1. The van der Waals surface area contributed by atoms with Crippen LogP contribution >= 0.6 is 23.2 Å². The van der Waals surface area contributed by atoms with E-state index >= 15 is 0 Å². The molecule has 3 aromatic rings. The maximum Gasteiger partial charge on any atom is 0.326 e. The summed E-state index contributed by atoms with van der Waals surface area (Å²) in [6.07, 6.45) is 3.39. The van der Waals surface area contributed by atoms with Crippen LogP contribution in [0.15, 0.2) is 53.6 Å². The molecule has 3 heterocycles. The number of hydrogen-bond donors (Lipinski definition) is 1. The lowest BCUT2D eigenvalue weighted by atomic mass is 9.98. The molecule has 7 nitrogen and oxygen atoms in total. The van der Waals surface area contributed by atoms with Crippen LogP contribution in [-0.4, -0.2) is 33.0 Å². The van der Waals surface area contributed by atoms with Crippen LogP contribution in [0.1, 0.15) is 44.9 Å². The van der Waals surface area contributed by atoms with Gasteiger partial charge in [0.15, 0.2) is 12.4 Å². The number of H-pyrrole nitrogens is 1. The molecule has 9 heteroatoms. The lowest BCUT2D eigenvalue weighted by Gasteiger charge is -2.16. The molecule has 2 aromatic heterocycles. The molecule has 0 atom stereocenters. The summed E-state index contributed by atoms with van der Waals surface area (Å²) in [6, 6.07) is 10.2. The molecule has 0 bridgehead atoms. The Labute approximate surface area is 207 Å².